The number of hydrogen-bond donors (Lipinski definition) is 0. The largest absolute Gasteiger partial charge is 0.493 e. The molecule has 0 spiro atoms. The molecule has 7 heteroatoms. The van der Waals surface area contributed by atoms with Crippen LogP contribution in [-0.4, -0.2) is 48.8 Å². The molecule has 0 radical (unpaired) electrons. The summed E-state index contributed by atoms with van der Waals surface area (Å²) in [6.07, 6.45) is 3.99. The minimum atomic E-state index is -0.177. The fourth-order valence-corrected chi connectivity index (χ4v) is 4.62. The molecule has 0 aromatic heterocycles. The van der Waals surface area contributed by atoms with E-state index in [4.69, 9.17) is 16.3 Å². The van der Waals surface area contributed by atoms with Crippen molar-refractivity contribution >= 4 is 46.2 Å². The van der Waals surface area contributed by atoms with Crippen LogP contribution >= 0.6 is 23.4 Å². The Morgan fingerprint density at radius 2 is 1.77 bits per heavy atom. The molecular weight excluding hydrogens is 430 g/mol. The van der Waals surface area contributed by atoms with Crippen molar-refractivity contribution in [3.8, 4) is 5.75 Å². The molecule has 2 aromatic carbocycles. The third-order valence-electron chi connectivity index (χ3n) is 5.31. The Bertz CT molecular complexity index is 983. The van der Waals surface area contributed by atoms with Gasteiger partial charge >= 0.3 is 0 Å². The van der Waals surface area contributed by atoms with E-state index in [-0.39, 0.29) is 5.91 Å². The number of aliphatic imine (C=N–C) groups is 1. The van der Waals surface area contributed by atoms with Crippen molar-refractivity contribution in [3.05, 3.63) is 64.0 Å². The summed E-state index contributed by atoms with van der Waals surface area (Å²) in [5.41, 5.74) is 2.08. The summed E-state index contributed by atoms with van der Waals surface area (Å²) in [5, 5.41) is 1.53. The first-order valence-electron chi connectivity index (χ1n) is 10.6. The van der Waals surface area contributed by atoms with Crippen molar-refractivity contribution in [1.29, 1.82) is 0 Å². The fourth-order valence-electron chi connectivity index (χ4n) is 3.54. The number of halogens is 1. The average Bonchev–Trinajstić information content (AvgIpc) is 3.16. The highest BCUT2D eigenvalue weighted by Gasteiger charge is 2.28. The van der Waals surface area contributed by atoms with E-state index in [1.54, 1.807) is 0 Å². The number of amides is 1. The van der Waals surface area contributed by atoms with Gasteiger partial charge in [0.05, 0.1) is 11.5 Å². The smallest absolute Gasteiger partial charge is 0.286 e. The SMILES string of the molecule is CCCCOc1ccccc1/C=C1/SC(N2CCN(c3ccc(Cl)cc3)CC2)=NC1=O. The van der Waals surface area contributed by atoms with E-state index in [0.717, 1.165) is 60.5 Å². The Morgan fingerprint density at radius 3 is 2.52 bits per heavy atom. The van der Waals surface area contributed by atoms with Crippen LogP contribution < -0.4 is 9.64 Å². The molecule has 2 aromatic rings. The van der Waals surface area contributed by atoms with Gasteiger partial charge in [0.2, 0.25) is 0 Å². The van der Waals surface area contributed by atoms with Crippen LogP contribution in [0.1, 0.15) is 25.3 Å². The summed E-state index contributed by atoms with van der Waals surface area (Å²) in [4.78, 5) is 22.0. The number of benzene rings is 2. The second-order valence-electron chi connectivity index (χ2n) is 7.50. The maximum Gasteiger partial charge on any atom is 0.286 e. The van der Waals surface area contributed by atoms with Crippen molar-refractivity contribution in [2.45, 2.75) is 19.8 Å². The molecule has 2 aliphatic heterocycles. The number of anilines is 1. The van der Waals surface area contributed by atoms with Gasteiger partial charge in [0.25, 0.3) is 5.91 Å². The lowest BCUT2D eigenvalue weighted by atomic mass is 10.2. The van der Waals surface area contributed by atoms with Crippen molar-refractivity contribution < 1.29 is 9.53 Å². The molecule has 2 aliphatic rings. The number of thioether (sulfide) groups is 1. The van der Waals surface area contributed by atoms with Crippen LogP contribution in [0.25, 0.3) is 6.08 Å². The van der Waals surface area contributed by atoms with Gasteiger partial charge in [-0.15, -0.1) is 0 Å². The van der Waals surface area contributed by atoms with Crippen LogP contribution in [0.2, 0.25) is 5.02 Å². The summed E-state index contributed by atoms with van der Waals surface area (Å²) in [6, 6.07) is 15.8. The Balaban J connectivity index is 1.39. The van der Waals surface area contributed by atoms with Crippen LogP contribution in [0.5, 0.6) is 5.75 Å². The van der Waals surface area contributed by atoms with Crippen LogP contribution in [-0.2, 0) is 4.79 Å². The number of piperazine rings is 1. The summed E-state index contributed by atoms with van der Waals surface area (Å²) in [7, 11) is 0. The van der Waals surface area contributed by atoms with E-state index in [1.807, 2.05) is 54.6 Å². The molecule has 1 amide bonds. The molecule has 0 saturated carbocycles. The van der Waals surface area contributed by atoms with Crippen molar-refractivity contribution in [2.24, 2.45) is 4.99 Å². The average molecular weight is 456 g/mol. The lowest BCUT2D eigenvalue weighted by Crippen LogP contribution is -2.47. The fraction of sp³-hybridized carbons (Fsp3) is 0.333. The third kappa shape index (κ3) is 5.43. The minimum absolute atomic E-state index is 0.177. The van der Waals surface area contributed by atoms with E-state index in [9.17, 15) is 4.79 Å². The normalized spacial score (nSPS) is 17.9. The van der Waals surface area contributed by atoms with E-state index < -0.39 is 0 Å². The number of ether oxygens (including phenoxy) is 1. The van der Waals surface area contributed by atoms with Gasteiger partial charge in [-0.05, 0) is 54.6 Å². The molecule has 0 atom stereocenters. The van der Waals surface area contributed by atoms with Crippen molar-refractivity contribution in [2.75, 3.05) is 37.7 Å². The number of amidine groups is 1. The summed E-state index contributed by atoms with van der Waals surface area (Å²) in [5.74, 6) is 0.630. The number of hydrogen-bond acceptors (Lipinski definition) is 5. The molecule has 2 heterocycles. The molecule has 5 nitrogen and oxygen atoms in total. The highest BCUT2D eigenvalue weighted by molar-refractivity contribution is 8.18. The summed E-state index contributed by atoms with van der Waals surface area (Å²) < 4.78 is 5.90. The lowest BCUT2D eigenvalue weighted by molar-refractivity contribution is -0.113. The predicted molar refractivity (Wildman–Crippen MR) is 130 cm³/mol. The molecule has 162 valence electrons. The number of unbranched alkanes of at least 4 members (excludes halogenated alkanes) is 1. The monoisotopic (exact) mass is 455 g/mol. The maximum atomic E-state index is 12.6. The van der Waals surface area contributed by atoms with Crippen LogP contribution in [0, 0.1) is 0 Å². The van der Waals surface area contributed by atoms with Crippen molar-refractivity contribution in [1.82, 2.24) is 4.90 Å². The van der Waals surface area contributed by atoms with E-state index in [2.05, 4.69) is 21.7 Å². The Labute approximate surface area is 192 Å². The summed E-state index contributed by atoms with van der Waals surface area (Å²) in [6.45, 7) is 6.22. The lowest BCUT2D eigenvalue weighted by Gasteiger charge is -2.36. The second-order valence-corrected chi connectivity index (χ2v) is 8.95. The topological polar surface area (TPSA) is 45.1 Å². The molecule has 0 N–H and O–H groups in total. The zero-order valence-corrected chi connectivity index (χ0v) is 19.2. The van der Waals surface area contributed by atoms with Gasteiger partial charge < -0.3 is 14.5 Å². The first-order chi connectivity index (χ1) is 15.1. The zero-order valence-electron chi connectivity index (χ0n) is 17.6. The first kappa shape index (κ1) is 21.8. The van der Waals surface area contributed by atoms with Gasteiger partial charge in [-0.1, -0.05) is 43.1 Å². The molecule has 0 bridgehead atoms. The highest BCUT2D eigenvalue weighted by Crippen LogP contribution is 2.33. The number of rotatable bonds is 6. The number of para-hydroxylation sites is 1. The van der Waals surface area contributed by atoms with Crippen LogP contribution in [0.15, 0.2) is 58.4 Å². The Morgan fingerprint density at radius 1 is 1.06 bits per heavy atom. The second kappa shape index (κ2) is 10.2. The van der Waals surface area contributed by atoms with E-state index in [0.29, 0.717) is 11.5 Å². The van der Waals surface area contributed by atoms with Gasteiger partial charge in [-0.3, -0.25) is 4.79 Å². The van der Waals surface area contributed by atoms with Gasteiger partial charge in [0, 0.05) is 42.5 Å². The predicted octanol–water partition coefficient (Wildman–Crippen LogP) is 5.31. The van der Waals surface area contributed by atoms with E-state index >= 15 is 0 Å². The molecule has 1 saturated heterocycles. The summed E-state index contributed by atoms with van der Waals surface area (Å²) >= 11 is 7.45. The zero-order chi connectivity index (χ0) is 21.6. The van der Waals surface area contributed by atoms with Crippen molar-refractivity contribution in [3.63, 3.8) is 0 Å². The number of carbonyl (C=O) groups is 1. The van der Waals surface area contributed by atoms with Gasteiger partial charge in [-0.2, -0.15) is 4.99 Å². The molecule has 0 aliphatic carbocycles. The number of carbonyl (C=O) groups excluding carboxylic acids is 1. The highest BCUT2D eigenvalue weighted by atomic mass is 35.5. The third-order valence-corrected chi connectivity index (χ3v) is 6.61. The van der Waals surface area contributed by atoms with E-state index in [1.165, 1.54) is 17.4 Å². The molecule has 1 fully saturated rings. The van der Waals surface area contributed by atoms with Crippen LogP contribution in [0.3, 0.4) is 0 Å². The van der Waals surface area contributed by atoms with Gasteiger partial charge in [0.15, 0.2) is 5.17 Å². The minimum Gasteiger partial charge on any atom is -0.493 e. The Kier molecular flexibility index (Phi) is 7.20. The molecule has 31 heavy (non-hydrogen) atoms. The number of nitrogens with zero attached hydrogens (tertiary/aromatic N) is 3. The quantitative estimate of drug-likeness (QED) is 0.436. The van der Waals surface area contributed by atoms with Gasteiger partial charge in [-0.25, -0.2) is 0 Å². The standard InChI is InChI=1S/C24H26ClN3O2S/c1-2-3-16-30-21-7-5-4-6-18(21)17-22-23(29)26-24(31-22)28-14-12-27(13-15-28)20-10-8-19(25)9-11-20/h4-11,17H,2-3,12-16H2,1H3/b22-17+. The molecular formula is C24H26ClN3O2S. The molecule has 0 unspecified atom stereocenters. The molecule has 4 rings (SSSR count). The van der Waals surface area contributed by atoms with Gasteiger partial charge in [0.1, 0.15) is 5.75 Å². The first-order valence-corrected chi connectivity index (χ1v) is 11.8. The maximum absolute atomic E-state index is 12.6. The van der Waals surface area contributed by atoms with Crippen LogP contribution in [0.4, 0.5) is 5.69 Å². The Hall–Kier alpha value is -2.44.